The second kappa shape index (κ2) is 3.96. The highest BCUT2D eigenvalue weighted by Crippen LogP contribution is 2.23. The molecule has 0 unspecified atom stereocenters. The van der Waals surface area contributed by atoms with Crippen LogP contribution in [0.25, 0.3) is 10.7 Å². The first kappa shape index (κ1) is 9.93. The van der Waals surface area contributed by atoms with E-state index in [-0.39, 0.29) is 0 Å². The molecule has 1 aliphatic heterocycles. The largest absolute Gasteiger partial charge is 0.302 e. The van der Waals surface area contributed by atoms with Crippen LogP contribution in [0.3, 0.4) is 0 Å². The molecule has 2 aromatic rings. The summed E-state index contributed by atoms with van der Waals surface area (Å²) >= 11 is 1.69. The molecule has 3 heterocycles. The maximum atomic E-state index is 4.66. The molecular weight excluding hydrogens is 218 g/mol. The van der Waals surface area contributed by atoms with Crippen LogP contribution in [0.4, 0.5) is 0 Å². The van der Waals surface area contributed by atoms with E-state index >= 15 is 0 Å². The summed E-state index contributed by atoms with van der Waals surface area (Å²) in [6.45, 7) is 2.06. The Bertz CT molecular complexity index is 493. The molecule has 3 rings (SSSR count). The normalized spacial score (nSPS) is 16.1. The van der Waals surface area contributed by atoms with Crippen LogP contribution in [0.5, 0.6) is 0 Å². The smallest absolute Gasteiger partial charge is 0.169 e. The van der Waals surface area contributed by atoms with Crippen molar-refractivity contribution >= 4 is 11.3 Å². The molecule has 0 amide bonds. The number of aromatic nitrogens is 2. The van der Waals surface area contributed by atoms with E-state index in [2.05, 4.69) is 33.4 Å². The summed E-state index contributed by atoms with van der Waals surface area (Å²) in [6, 6.07) is 4.11. The number of nitrogens with zero attached hydrogens (tertiary/aromatic N) is 3. The lowest BCUT2D eigenvalue weighted by molar-refractivity contribution is 0.309. The fourth-order valence-electron chi connectivity index (χ4n) is 1.98. The molecule has 0 spiro atoms. The molecule has 0 radical (unpaired) electrons. The van der Waals surface area contributed by atoms with Gasteiger partial charge in [-0.05, 0) is 18.5 Å². The fourth-order valence-corrected chi connectivity index (χ4v) is 2.65. The number of hydrogen-bond acceptors (Lipinski definition) is 4. The number of hydrogen-bond donors (Lipinski definition) is 0. The molecule has 0 bridgehead atoms. The zero-order valence-corrected chi connectivity index (χ0v) is 10.00. The van der Waals surface area contributed by atoms with Gasteiger partial charge in [-0.3, -0.25) is 0 Å². The molecule has 3 nitrogen and oxygen atoms in total. The molecule has 0 N–H and O–H groups in total. The van der Waals surface area contributed by atoms with Crippen molar-refractivity contribution in [2.75, 3.05) is 13.6 Å². The van der Waals surface area contributed by atoms with Gasteiger partial charge < -0.3 is 4.90 Å². The summed E-state index contributed by atoms with van der Waals surface area (Å²) in [5.74, 6) is 0.873. The van der Waals surface area contributed by atoms with Crippen molar-refractivity contribution in [2.45, 2.75) is 13.0 Å². The third-order valence-electron chi connectivity index (χ3n) is 2.87. The molecule has 16 heavy (non-hydrogen) atoms. The average Bonchev–Trinajstić information content (AvgIpc) is 2.82. The molecule has 0 atom stereocenters. The molecule has 0 saturated carbocycles. The molecule has 0 fully saturated rings. The van der Waals surface area contributed by atoms with Crippen molar-refractivity contribution in [3.8, 4) is 10.7 Å². The van der Waals surface area contributed by atoms with Gasteiger partial charge in [0.1, 0.15) is 0 Å². The van der Waals surface area contributed by atoms with Crippen LogP contribution in [0.1, 0.15) is 11.3 Å². The van der Waals surface area contributed by atoms with Gasteiger partial charge in [-0.25, -0.2) is 9.97 Å². The number of rotatable bonds is 1. The second-order valence-electron chi connectivity index (χ2n) is 4.13. The van der Waals surface area contributed by atoms with E-state index in [1.54, 1.807) is 11.3 Å². The standard InChI is InChI=1S/C12H13N3S/c1-15-5-4-10-9(8-15)7-13-12(14-10)11-3-2-6-16-11/h2-3,6-7H,4-5,8H2,1H3. The second-order valence-corrected chi connectivity index (χ2v) is 5.08. The van der Waals surface area contributed by atoms with E-state index in [1.807, 2.05) is 12.3 Å². The number of likely N-dealkylation sites (N-methyl/N-ethyl adjacent to an activating group) is 1. The van der Waals surface area contributed by atoms with E-state index in [1.165, 1.54) is 11.3 Å². The summed E-state index contributed by atoms with van der Waals surface area (Å²) in [4.78, 5) is 12.6. The quantitative estimate of drug-likeness (QED) is 0.753. The summed E-state index contributed by atoms with van der Waals surface area (Å²) in [7, 11) is 2.14. The Morgan fingerprint density at radius 3 is 3.19 bits per heavy atom. The van der Waals surface area contributed by atoms with Crippen LogP contribution in [-0.2, 0) is 13.0 Å². The van der Waals surface area contributed by atoms with E-state index in [0.29, 0.717) is 0 Å². The average molecular weight is 231 g/mol. The Balaban J connectivity index is 2.00. The third kappa shape index (κ3) is 1.74. The third-order valence-corrected chi connectivity index (χ3v) is 3.73. The van der Waals surface area contributed by atoms with Gasteiger partial charge in [-0.2, -0.15) is 0 Å². The first-order valence-corrected chi connectivity index (χ1v) is 6.28. The van der Waals surface area contributed by atoms with Crippen molar-refractivity contribution in [3.05, 3.63) is 35.0 Å². The topological polar surface area (TPSA) is 29.0 Å². The Labute approximate surface area is 98.8 Å². The highest BCUT2D eigenvalue weighted by atomic mass is 32.1. The van der Waals surface area contributed by atoms with Crippen LogP contribution in [0.2, 0.25) is 0 Å². The van der Waals surface area contributed by atoms with Gasteiger partial charge >= 0.3 is 0 Å². The highest BCUT2D eigenvalue weighted by molar-refractivity contribution is 7.13. The number of thiophene rings is 1. The minimum absolute atomic E-state index is 0.873. The maximum Gasteiger partial charge on any atom is 0.169 e. The molecule has 0 aliphatic carbocycles. The fraction of sp³-hybridized carbons (Fsp3) is 0.333. The maximum absolute atomic E-state index is 4.66. The minimum atomic E-state index is 0.873. The predicted molar refractivity (Wildman–Crippen MR) is 65.4 cm³/mol. The van der Waals surface area contributed by atoms with Crippen LogP contribution in [0.15, 0.2) is 23.7 Å². The molecule has 0 aromatic carbocycles. The van der Waals surface area contributed by atoms with Crippen LogP contribution in [0, 0.1) is 0 Å². The van der Waals surface area contributed by atoms with E-state index in [4.69, 9.17) is 0 Å². The molecular formula is C12H13N3S. The summed E-state index contributed by atoms with van der Waals surface area (Å²) < 4.78 is 0. The molecule has 82 valence electrons. The van der Waals surface area contributed by atoms with Crippen LogP contribution >= 0.6 is 11.3 Å². The van der Waals surface area contributed by atoms with Gasteiger partial charge in [0.2, 0.25) is 0 Å². The van der Waals surface area contributed by atoms with E-state index < -0.39 is 0 Å². The zero-order valence-electron chi connectivity index (χ0n) is 9.18. The van der Waals surface area contributed by atoms with Gasteiger partial charge in [-0.1, -0.05) is 6.07 Å². The van der Waals surface area contributed by atoms with Gasteiger partial charge in [0.05, 0.1) is 10.6 Å². The summed E-state index contributed by atoms with van der Waals surface area (Å²) in [5.41, 5.74) is 2.49. The zero-order chi connectivity index (χ0) is 11.0. The lowest BCUT2D eigenvalue weighted by Crippen LogP contribution is -2.27. The molecule has 1 aliphatic rings. The van der Waals surface area contributed by atoms with Gasteiger partial charge in [0.25, 0.3) is 0 Å². The Morgan fingerprint density at radius 1 is 1.44 bits per heavy atom. The molecule has 2 aromatic heterocycles. The number of fused-ring (bicyclic) bond motifs is 1. The van der Waals surface area contributed by atoms with Crippen LogP contribution in [-0.4, -0.2) is 28.5 Å². The first-order valence-electron chi connectivity index (χ1n) is 5.40. The Kier molecular flexibility index (Phi) is 2.46. The lowest BCUT2D eigenvalue weighted by atomic mass is 10.1. The van der Waals surface area contributed by atoms with Gasteiger partial charge in [0.15, 0.2) is 5.82 Å². The lowest BCUT2D eigenvalue weighted by Gasteiger charge is -2.23. The predicted octanol–water partition coefficient (Wildman–Crippen LogP) is 2.19. The summed E-state index contributed by atoms with van der Waals surface area (Å²) in [6.07, 6.45) is 3.01. The van der Waals surface area contributed by atoms with Crippen molar-refractivity contribution in [3.63, 3.8) is 0 Å². The van der Waals surface area contributed by atoms with Crippen molar-refractivity contribution < 1.29 is 0 Å². The van der Waals surface area contributed by atoms with Crippen molar-refractivity contribution in [1.82, 2.24) is 14.9 Å². The Hall–Kier alpha value is -1.26. The van der Waals surface area contributed by atoms with Gasteiger partial charge in [0, 0.05) is 31.3 Å². The SMILES string of the molecule is CN1CCc2nc(-c3cccs3)ncc2C1. The molecule has 0 saturated heterocycles. The minimum Gasteiger partial charge on any atom is -0.302 e. The van der Waals surface area contributed by atoms with Crippen LogP contribution < -0.4 is 0 Å². The van der Waals surface area contributed by atoms with Gasteiger partial charge in [-0.15, -0.1) is 11.3 Å². The highest BCUT2D eigenvalue weighted by Gasteiger charge is 2.15. The van der Waals surface area contributed by atoms with Crippen molar-refractivity contribution in [1.29, 1.82) is 0 Å². The first-order chi connectivity index (χ1) is 7.83. The monoisotopic (exact) mass is 231 g/mol. The Morgan fingerprint density at radius 2 is 2.38 bits per heavy atom. The summed E-state index contributed by atoms with van der Waals surface area (Å²) in [5, 5.41) is 2.06. The van der Waals surface area contributed by atoms with Crippen molar-refractivity contribution in [2.24, 2.45) is 0 Å². The van der Waals surface area contributed by atoms with E-state index in [0.717, 1.165) is 30.2 Å². The van der Waals surface area contributed by atoms with E-state index in [9.17, 15) is 0 Å². The molecule has 4 heteroatoms.